The molecular formula is C11H15Cl3FNO. The zero-order valence-corrected chi connectivity index (χ0v) is 11.8. The fourth-order valence-corrected chi connectivity index (χ4v) is 1.88. The molecule has 3 N–H and O–H groups in total. The lowest BCUT2D eigenvalue weighted by Crippen LogP contribution is -2.31. The molecule has 0 heterocycles. The van der Waals surface area contributed by atoms with Crippen LogP contribution in [0.2, 0.25) is 10.0 Å². The molecule has 0 amide bonds. The smallest absolute Gasteiger partial charge is 0.129 e. The van der Waals surface area contributed by atoms with E-state index in [1.165, 1.54) is 12.1 Å². The van der Waals surface area contributed by atoms with Crippen LogP contribution in [0.15, 0.2) is 12.1 Å². The Labute approximate surface area is 116 Å². The van der Waals surface area contributed by atoms with E-state index in [-0.39, 0.29) is 33.9 Å². The molecule has 0 fully saturated rings. The summed E-state index contributed by atoms with van der Waals surface area (Å²) in [5.41, 5.74) is 5.84. The van der Waals surface area contributed by atoms with Gasteiger partial charge in [-0.05, 0) is 18.1 Å². The normalized spacial score (nSPS) is 14.4. The van der Waals surface area contributed by atoms with E-state index in [1.54, 1.807) is 13.8 Å². The Hall–Kier alpha value is -0.0600. The Bertz CT molecular complexity index is 387. The van der Waals surface area contributed by atoms with Gasteiger partial charge in [-0.3, -0.25) is 0 Å². The number of hydrogen-bond acceptors (Lipinski definition) is 2. The minimum absolute atomic E-state index is 0. The van der Waals surface area contributed by atoms with Gasteiger partial charge in [-0.15, -0.1) is 12.4 Å². The van der Waals surface area contributed by atoms with Crippen LogP contribution in [0.5, 0.6) is 0 Å². The summed E-state index contributed by atoms with van der Waals surface area (Å²) in [6.45, 7) is 3.59. The number of benzene rings is 1. The van der Waals surface area contributed by atoms with Gasteiger partial charge in [0, 0.05) is 5.56 Å². The summed E-state index contributed by atoms with van der Waals surface area (Å²) in [6.07, 6.45) is -0.870. The molecule has 17 heavy (non-hydrogen) atoms. The number of nitrogens with two attached hydrogens (primary N) is 1. The lowest BCUT2D eigenvalue weighted by atomic mass is 9.94. The predicted molar refractivity (Wildman–Crippen MR) is 71.4 cm³/mol. The SMILES string of the molecule is CC(C)[C@@H](O)[C@@H](N)c1c(F)ccc(Cl)c1Cl.Cl. The standard InChI is InChI=1S/C11H14Cl2FNO.ClH/c1-5(2)11(16)10(15)8-7(14)4-3-6(12)9(8)13;/h3-5,10-11,16H,15H2,1-2H3;1H/t10-,11+;/m0./s1. The third kappa shape index (κ3) is 3.70. The second-order valence-corrected chi connectivity index (χ2v) is 4.80. The van der Waals surface area contributed by atoms with E-state index in [0.29, 0.717) is 0 Å². The molecule has 98 valence electrons. The summed E-state index contributed by atoms with van der Waals surface area (Å²) in [5.74, 6) is -0.647. The molecule has 0 saturated carbocycles. The van der Waals surface area contributed by atoms with Crippen molar-refractivity contribution in [2.75, 3.05) is 0 Å². The Kier molecular flexibility index (Phi) is 6.74. The number of hydrogen-bond donors (Lipinski definition) is 2. The van der Waals surface area contributed by atoms with Crippen LogP contribution in [0.3, 0.4) is 0 Å². The monoisotopic (exact) mass is 301 g/mol. The molecule has 6 heteroatoms. The van der Waals surface area contributed by atoms with Gasteiger partial charge in [0.05, 0.1) is 22.2 Å². The Morgan fingerprint density at radius 1 is 1.29 bits per heavy atom. The van der Waals surface area contributed by atoms with Gasteiger partial charge in [-0.2, -0.15) is 0 Å². The molecule has 1 rings (SSSR count). The maximum Gasteiger partial charge on any atom is 0.129 e. The van der Waals surface area contributed by atoms with Crippen LogP contribution >= 0.6 is 35.6 Å². The van der Waals surface area contributed by atoms with Gasteiger partial charge in [0.2, 0.25) is 0 Å². The second-order valence-electron chi connectivity index (χ2n) is 4.02. The van der Waals surface area contributed by atoms with Gasteiger partial charge in [0.1, 0.15) is 5.82 Å². The van der Waals surface area contributed by atoms with Gasteiger partial charge in [0.25, 0.3) is 0 Å². The Balaban J connectivity index is 0.00000256. The zero-order chi connectivity index (χ0) is 12.5. The molecule has 0 aliphatic heterocycles. The first-order valence-electron chi connectivity index (χ1n) is 4.93. The highest BCUT2D eigenvalue weighted by Gasteiger charge is 2.26. The van der Waals surface area contributed by atoms with Crippen molar-refractivity contribution in [3.05, 3.63) is 33.6 Å². The number of aliphatic hydroxyl groups excluding tert-OH is 1. The molecule has 0 saturated heterocycles. The minimum Gasteiger partial charge on any atom is -0.391 e. The van der Waals surface area contributed by atoms with E-state index < -0.39 is 18.0 Å². The number of rotatable bonds is 3. The minimum atomic E-state index is -0.883. The van der Waals surface area contributed by atoms with Crippen LogP contribution in [0, 0.1) is 11.7 Å². The number of halogens is 4. The van der Waals surface area contributed by atoms with Crippen molar-refractivity contribution in [1.29, 1.82) is 0 Å². The summed E-state index contributed by atoms with van der Waals surface area (Å²) >= 11 is 11.7. The average molecular weight is 303 g/mol. The topological polar surface area (TPSA) is 46.2 Å². The van der Waals surface area contributed by atoms with Crippen LogP contribution in [0.25, 0.3) is 0 Å². The number of aliphatic hydroxyl groups is 1. The highest BCUT2D eigenvalue weighted by Crippen LogP contribution is 2.33. The highest BCUT2D eigenvalue weighted by atomic mass is 35.5. The summed E-state index contributed by atoms with van der Waals surface area (Å²) < 4.78 is 13.6. The maximum atomic E-state index is 13.6. The molecule has 0 aromatic heterocycles. The van der Waals surface area contributed by atoms with E-state index >= 15 is 0 Å². The molecule has 0 aliphatic rings. The first-order valence-corrected chi connectivity index (χ1v) is 5.69. The van der Waals surface area contributed by atoms with Crippen molar-refractivity contribution in [1.82, 2.24) is 0 Å². The summed E-state index contributed by atoms with van der Waals surface area (Å²) in [6, 6.07) is 1.67. The van der Waals surface area contributed by atoms with Crippen molar-refractivity contribution in [2.24, 2.45) is 11.7 Å². The third-order valence-corrected chi connectivity index (χ3v) is 3.28. The molecule has 1 aromatic carbocycles. The maximum absolute atomic E-state index is 13.6. The van der Waals surface area contributed by atoms with Crippen LogP contribution < -0.4 is 5.73 Å². The van der Waals surface area contributed by atoms with E-state index in [9.17, 15) is 9.50 Å². The molecule has 0 aliphatic carbocycles. The Morgan fingerprint density at radius 2 is 1.82 bits per heavy atom. The van der Waals surface area contributed by atoms with Crippen LogP contribution in [-0.2, 0) is 0 Å². The van der Waals surface area contributed by atoms with Gasteiger partial charge < -0.3 is 10.8 Å². The van der Waals surface area contributed by atoms with Crippen molar-refractivity contribution >= 4 is 35.6 Å². The molecule has 1 aromatic rings. The molecule has 0 unspecified atom stereocenters. The van der Waals surface area contributed by atoms with Crippen LogP contribution in [-0.4, -0.2) is 11.2 Å². The first-order chi connectivity index (χ1) is 7.36. The fourth-order valence-electron chi connectivity index (χ4n) is 1.43. The van der Waals surface area contributed by atoms with E-state index in [2.05, 4.69) is 0 Å². The lowest BCUT2D eigenvalue weighted by Gasteiger charge is -2.23. The van der Waals surface area contributed by atoms with Crippen molar-refractivity contribution in [2.45, 2.75) is 26.0 Å². The molecule has 2 atom stereocenters. The largest absolute Gasteiger partial charge is 0.391 e. The van der Waals surface area contributed by atoms with Crippen LogP contribution in [0.4, 0.5) is 4.39 Å². The fraction of sp³-hybridized carbons (Fsp3) is 0.455. The predicted octanol–water partition coefficient (Wildman–Crippen LogP) is 3.57. The van der Waals surface area contributed by atoms with Crippen molar-refractivity contribution in [3.63, 3.8) is 0 Å². The quantitative estimate of drug-likeness (QED) is 0.839. The Morgan fingerprint density at radius 3 is 2.29 bits per heavy atom. The molecule has 0 radical (unpaired) electrons. The van der Waals surface area contributed by atoms with E-state index in [4.69, 9.17) is 28.9 Å². The molecular weight excluding hydrogens is 287 g/mol. The third-order valence-electron chi connectivity index (χ3n) is 2.46. The van der Waals surface area contributed by atoms with E-state index in [0.717, 1.165) is 0 Å². The van der Waals surface area contributed by atoms with E-state index in [1.807, 2.05) is 0 Å². The lowest BCUT2D eigenvalue weighted by molar-refractivity contribution is 0.0967. The van der Waals surface area contributed by atoms with Gasteiger partial charge in [0.15, 0.2) is 0 Å². The van der Waals surface area contributed by atoms with Crippen molar-refractivity contribution < 1.29 is 9.50 Å². The van der Waals surface area contributed by atoms with Crippen molar-refractivity contribution in [3.8, 4) is 0 Å². The zero-order valence-electron chi connectivity index (χ0n) is 9.45. The first kappa shape index (κ1) is 16.9. The average Bonchev–Trinajstić information content (AvgIpc) is 2.22. The molecule has 0 spiro atoms. The van der Waals surface area contributed by atoms with Crippen LogP contribution in [0.1, 0.15) is 25.5 Å². The van der Waals surface area contributed by atoms with Gasteiger partial charge in [-0.25, -0.2) is 4.39 Å². The summed E-state index contributed by atoms with van der Waals surface area (Å²) in [7, 11) is 0. The second kappa shape index (κ2) is 6.76. The van der Waals surface area contributed by atoms with Gasteiger partial charge >= 0.3 is 0 Å². The summed E-state index contributed by atoms with van der Waals surface area (Å²) in [5, 5.41) is 10.1. The summed E-state index contributed by atoms with van der Waals surface area (Å²) in [4.78, 5) is 0. The molecule has 2 nitrogen and oxygen atoms in total. The highest BCUT2D eigenvalue weighted by molar-refractivity contribution is 6.42. The van der Waals surface area contributed by atoms with Gasteiger partial charge in [-0.1, -0.05) is 37.0 Å². The molecule has 0 bridgehead atoms.